The molecule has 11 rings (SSSR count). The Balaban J connectivity index is 0.00000688. The summed E-state index contributed by atoms with van der Waals surface area (Å²) in [6, 6.07) is 45.7. The summed E-state index contributed by atoms with van der Waals surface area (Å²) in [5.41, 5.74) is 7.65. The van der Waals surface area contributed by atoms with Gasteiger partial charge in [-0.3, -0.25) is 4.57 Å². The van der Waals surface area contributed by atoms with Crippen molar-refractivity contribution in [3.05, 3.63) is 230 Å². The predicted molar refractivity (Wildman–Crippen MR) is 276 cm³/mol. The topological polar surface area (TPSA) is 29.9 Å². The summed E-state index contributed by atoms with van der Waals surface area (Å²) < 4.78 is 94.0. The Morgan fingerprint density at radius 1 is 0.574 bits per heavy atom. The molecule has 0 spiro atoms. The van der Waals surface area contributed by atoms with Crippen LogP contribution in [-0.2, 0) is 31.9 Å². The molecule has 6 heteroatoms. The molecule has 0 unspecified atom stereocenters. The fourth-order valence-corrected chi connectivity index (χ4v) is 8.82. The van der Waals surface area contributed by atoms with Gasteiger partial charge in [0.15, 0.2) is 0 Å². The monoisotopic (exact) mass is 1070 g/mol. The van der Waals surface area contributed by atoms with E-state index in [2.05, 4.69) is 118 Å². The molecular weight excluding hydrogens is 1010 g/mol. The zero-order valence-electron chi connectivity index (χ0n) is 48.3. The third-order valence-corrected chi connectivity index (χ3v) is 12.2. The van der Waals surface area contributed by atoms with Crippen molar-refractivity contribution in [3.63, 3.8) is 0 Å². The molecule has 5 nitrogen and oxygen atoms in total. The molecule has 336 valence electrons. The average Bonchev–Trinajstić information content (AvgIpc) is 4.10. The maximum atomic E-state index is 9.16. The van der Waals surface area contributed by atoms with Crippen molar-refractivity contribution in [3.8, 4) is 39.4 Å². The number of aromatic nitrogens is 4. The first-order valence-corrected chi connectivity index (χ1v) is 22.2. The molecule has 0 N–H and O–H groups in total. The molecule has 0 aliphatic rings. The molecule has 8 aromatic carbocycles. The van der Waals surface area contributed by atoms with Crippen molar-refractivity contribution in [2.75, 3.05) is 4.90 Å². The molecule has 0 saturated heterocycles. The maximum absolute atomic E-state index is 9.16. The zero-order valence-corrected chi connectivity index (χ0v) is 40.6. The van der Waals surface area contributed by atoms with E-state index in [-0.39, 0.29) is 54.4 Å². The fraction of sp³-hybridized carbons (Fsp3) is 0.129. The smallest absolute Gasteiger partial charge is 0.268 e. The second-order valence-corrected chi connectivity index (χ2v) is 18.6. The Hall–Kier alpha value is -7.33. The second-order valence-electron chi connectivity index (χ2n) is 18.6. The Morgan fingerprint density at radius 3 is 1.88 bits per heavy atom. The average molecular weight is 1070 g/mol. The van der Waals surface area contributed by atoms with Crippen LogP contribution >= 0.6 is 0 Å². The van der Waals surface area contributed by atoms with Gasteiger partial charge in [0, 0.05) is 38.5 Å². The number of benzene rings is 8. The fourth-order valence-electron chi connectivity index (χ4n) is 8.82. The molecule has 0 atom stereocenters. The van der Waals surface area contributed by atoms with Crippen LogP contribution in [-0.4, -0.2) is 14.1 Å². The minimum absolute atomic E-state index is 0. The van der Waals surface area contributed by atoms with E-state index in [1.54, 1.807) is 22.8 Å². The third kappa shape index (κ3) is 8.05. The van der Waals surface area contributed by atoms with Crippen LogP contribution in [0.2, 0.25) is 0 Å². The summed E-state index contributed by atoms with van der Waals surface area (Å²) in [7, 11) is 0. The first kappa shape index (κ1) is 34.0. The summed E-state index contributed by atoms with van der Waals surface area (Å²) in [5, 5.41) is 2.08. The Kier molecular flexibility index (Phi) is 8.87. The number of rotatable bonds is 8. The number of hydrogen-bond donors (Lipinski definition) is 0. The van der Waals surface area contributed by atoms with Crippen molar-refractivity contribution in [1.29, 1.82) is 0 Å². The van der Waals surface area contributed by atoms with Gasteiger partial charge in [0.1, 0.15) is 5.82 Å². The molecule has 0 bridgehead atoms. The van der Waals surface area contributed by atoms with Crippen LogP contribution in [0.1, 0.15) is 66.4 Å². The van der Waals surface area contributed by atoms with Crippen LogP contribution in [0.15, 0.2) is 200 Å². The number of nitrogens with zero attached hydrogens (tertiary/aromatic N) is 5. The SMILES string of the molecule is [2H]c1c([2H])c([2H])c(-c2cccc(-c3c([2H])c([2H])c([2H])c([2H])c3[2H])c2-[n+]2[c-]n(-c3[c-]c(N(c4[c-]c5c(cc4)c4ccccc4n5-c4cc(C(C)(C)C)ccn4)c4ccccc4)cc(C(C)(C)C)c3)c3ccccc32)c([2H])c1[2H].[Pt]. The van der Waals surface area contributed by atoms with E-state index in [9.17, 15) is 0 Å². The molecule has 0 saturated carbocycles. The molecule has 3 aromatic heterocycles. The van der Waals surface area contributed by atoms with E-state index >= 15 is 0 Å². The number of para-hydroxylation sites is 5. The quantitative estimate of drug-likeness (QED) is 0.112. The normalized spacial score (nSPS) is 13.9. The van der Waals surface area contributed by atoms with Gasteiger partial charge in [-0.05, 0) is 80.1 Å². The summed E-state index contributed by atoms with van der Waals surface area (Å²) in [6.45, 7) is 13.0. The predicted octanol–water partition coefficient (Wildman–Crippen LogP) is 15.2. The molecule has 11 aromatic rings. The molecule has 0 aliphatic heterocycles. The second kappa shape index (κ2) is 17.7. The number of pyridine rings is 1. The van der Waals surface area contributed by atoms with E-state index in [4.69, 9.17) is 18.7 Å². The number of hydrogen-bond acceptors (Lipinski definition) is 2. The van der Waals surface area contributed by atoms with E-state index in [0.717, 1.165) is 50.1 Å². The van der Waals surface area contributed by atoms with Gasteiger partial charge in [-0.25, -0.2) is 4.98 Å². The molecule has 0 aliphatic carbocycles. The van der Waals surface area contributed by atoms with Gasteiger partial charge in [-0.1, -0.05) is 198 Å². The third-order valence-electron chi connectivity index (χ3n) is 12.2. The first-order valence-electron chi connectivity index (χ1n) is 27.2. The van der Waals surface area contributed by atoms with Crippen molar-refractivity contribution in [2.45, 2.75) is 52.4 Å². The molecule has 68 heavy (non-hydrogen) atoms. The summed E-state index contributed by atoms with van der Waals surface area (Å²) >= 11 is 0. The van der Waals surface area contributed by atoms with Crippen LogP contribution in [0, 0.1) is 18.5 Å². The Labute approximate surface area is 427 Å². The number of anilines is 3. The Morgan fingerprint density at radius 2 is 1.21 bits per heavy atom. The number of imidazole rings is 1. The first-order chi connectivity index (χ1) is 36.6. The van der Waals surface area contributed by atoms with Gasteiger partial charge >= 0.3 is 0 Å². The largest absolute Gasteiger partial charge is 0.359 e. The van der Waals surface area contributed by atoms with Gasteiger partial charge < -0.3 is 14.0 Å². The summed E-state index contributed by atoms with van der Waals surface area (Å²) in [4.78, 5) is 7.06. The van der Waals surface area contributed by atoms with Crippen LogP contribution in [0.4, 0.5) is 17.1 Å². The summed E-state index contributed by atoms with van der Waals surface area (Å²) in [5.74, 6) is 0.776. The van der Waals surface area contributed by atoms with Gasteiger partial charge in [0.05, 0.1) is 30.4 Å². The van der Waals surface area contributed by atoms with Crippen LogP contribution < -0.4 is 9.47 Å². The van der Waals surface area contributed by atoms with Crippen molar-refractivity contribution in [1.82, 2.24) is 14.1 Å². The van der Waals surface area contributed by atoms with E-state index in [1.165, 1.54) is 0 Å². The minimum Gasteiger partial charge on any atom is -0.359 e. The molecule has 0 amide bonds. The zero-order chi connectivity index (χ0) is 54.6. The molecule has 0 radical (unpaired) electrons. The van der Waals surface area contributed by atoms with Crippen LogP contribution in [0.5, 0.6) is 0 Å². The van der Waals surface area contributed by atoms with Crippen LogP contribution in [0.25, 0.3) is 72.3 Å². The van der Waals surface area contributed by atoms with Crippen molar-refractivity contribution >= 4 is 49.9 Å². The van der Waals surface area contributed by atoms with Gasteiger partial charge in [0.25, 0.3) is 6.33 Å². The maximum Gasteiger partial charge on any atom is 0.268 e. The van der Waals surface area contributed by atoms with Crippen molar-refractivity contribution in [2.24, 2.45) is 0 Å². The van der Waals surface area contributed by atoms with Crippen molar-refractivity contribution < 1.29 is 39.3 Å². The van der Waals surface area contributed by atoms with Gasteiger partial charge in [-0.2, -0.15) is 23.8 Å². The molecule has 3 heterocycles. The molecular formula is C62H51N5Pt-2. The Bertz CT molecular complexity index is 4070. The van der Waals surface area contributed by atoms with E-state index < -0.39 is 65.8 Å². The van der Waals surface area contributed by atoms with Crippen LogP contribution in [0.3, 0.4) is 0 Å². The van der Waals surface area contributed by atoms with Gasteiger partial charge in [-0.15, -0.1) is 23.6 Å². The minimum atomic E-state index is -0.569. The van der Waals surface area contributed by atoms with Gasteiger partial charge in [0.2, 0.25) is 0 Å². The van der Waals surface area contributed by atoms with E-state index in [0.29, 0.717) is 22.4 Å². The number of fused-ring (bicyclic) bond motifs is 4. The standard InChI is InChI=1S/C62H51N5.Pt/c1-61(2,3)45-35-36-63-59(39-45)67-55-30-17-16-27-53(55)54-34-33-48(41-58(54)67)66(47-25-14-9-15-26-47)50-38-46(62(4,5)6)37-49(40-50)64-42-65(57-32-19-18-31-56(57)64)60-51(43-21-10-7-11-22-43)28-20-29-52(60)44-23-12-8-13-24-44;/h7-39H,1-6H3;/q-2;/i7D,8D,10D,11D,12D,13D,21D,22D,23D,24D;. The molecule has 0 fully saturated rings. The summed E-state index contributed by atoms with van der Waals surface area (Å²) in [6.07, 6.45) is 5.43. The van der Waals surface area contributed by atoms with E-state index in [1.807, 2.05) is 77.5 Å².